The van der Waals surface area contributed by atoms with E-state index in [9.17, 15) is 0 Å². The van der Waals surface area contributed by atoms with Crippen molar-refractivity contribution in [3.05, 3.63) is 233 Å². The molecule has 0 bridgehead atoms. The minimum atomic E-state index is -0.107. The second-order valence-corrected chi connectivity index (χ2v) is 19.6. The summed E-state index contributed by atoms with van der Waals surface area (Å²) in [7, 11) is 0. The summed E-state index contributed by atoms with van der Waals surface area (Å²) < 4.78 is 0. The summed E-state index contributed by atoms with van der Waals surface area (Å²) in [6.45, 7) is 25.8. The number of benzene rings is 5. The highest BCUT2D eigenvalue weighted by Crippen LogP contribution is 2.54. The Balaban J connectivity index is 1.22. The average molecular weight is 838 g/mol. The molecule has 1 heteroatoms. The second kappa shape index (κ2) is 18.1. The lowest BCUT2D eigenvalue weighted by Gasteiger charge is -2.33. The predicted octanol–water partition coefficient (Wildman–Crippen LogP) is 17.7. The van der Waals surface area contributed by atoms with Crippen molar-refractivity contribution in [3.8, 4) is 22.3 Å². The van der Waals surface area contributed by atoms with E-state index in [1.54, 1.807) is 0 Å². The highest BCUT2D eigenvalue weighted by Gasteiger charge is 2.39. The first-order valence-corrected chi connectivity index (χ1v) is 23.6. The Labute approximate surface area is 385 Å². The van der Waals surface area contributed by atoms with Gasteiger partial charge < -0.3 is 4.90 Å². The maximum absolute atomic E-state index is 4.48. The van der Waals surface area contributed by atoms with Crippen molar-refractivity contribution in [1.29, 1.82) is 0 Å². The number of hydrogen-bond acceptors (Lipinski definition) is 1. The van der Waals surface area contributed by atoms with Gasteiger partial charge in [-0.1, -0.05) is 223 Å². The molecule has 2 atom stereocenters. The van der Waals surface area contributed by atoms with E-state index in [1.807, 2.05) is 0 Å². The fourth-order valence-corrected chi connectivity index (χ4v) is 11.0. The van der Waals surface area contributed by atoms with Crippen molar-refractivity contribution in [2.75, 3.05) is 4.90 Å². The molecule has 64 heavy (non-hydrogen) atoms. The number of hydrogen-bond donors (Lipinski definition) is 0. The van der Waals surface area contributed by atoms with E-state index in [2.05, 4.69) is 250 Å². The Morgan fingerprint density at radius 2 is 1.36 bits per heavy atom. The van der Waals surface area contributed by atoms with E-state index in [0.717, 1.165) is 25.7 Å². The molecule has 2 unspecified atom stereocenters. The lowest BCUT2D eigenvalue weighted by atomic mass is 9.71. The molecule has 0 radical (unpaired) electrons. The zero-order chi connectivity index (χ0) is 45.2. The van der Waals surface area contributed by atoms with Crippen LogP contribution in [0.4, 0.5) is 11.4 Å². The van der Waals surface area contributed by atoms with Gasteiger partial charge in [0.15, 0.2) is 0 Å². The van der Waals surface area contributed by atoms with Gasteiger partial charge >= 0.3 is 0 Å². The van der Waals surface area contributed by atoms with Crippen LogP contribution in [0.5, 0.6) is 0 Å². The molecule has 1 nitrogen and oxygen atoms in total. The van der Waals surface area contributed by atoms with Gasteiger partial charge in [0.1, 0.15) is 0 Å². The monoisotopic (exact) mass is 838 g/mol. The second-order valence-electron chi connectivity index (χ2n) is 19.6. The summed E-state index contributed by atoms with van der Waals surface area (Å²) in [4.78, 5) is 2.57. The third-order valence-electron chi connectivity index (χ3n) is 14.8. The van der Waals surface area contributed by atoms with Gasteiger partial charge in [-0.2, -0.15) is 0 Å². The summed E-state index contributed by atoms with van der Waals surface area (Å²) in [5, 5.41) is 0. The maximum Gasteiger partial charge on any atom is 0.0499 e. The third kappa shape index (κ3) is 8.34. The Hall–Kier alpha value is -6.18. The molecule has 5 aromatic rings. The molecule has 3 aliphatic rings. The zero-order valence-corrected chi connectivity index (χ0v) is 39.8. The van der Waals surface area contributed by atoms with E-state index in [1.165, 1.54) is 89.3 Å². The number of fused-ring (bicyclic) bond motifs is 3. The predicted molar refractivity (Wildman–Crippen MR) is 278 cm³/mol. The van der Waals surface area contributed by atoms with Crippen LogP contribution >= 0.6 is 0 Å². The first-order valence-electron chi connectivity index (χ1n) is 23.6. The topological polar surface area (TPSA) is 3.24 Å². The molecule has 0 saturated heterocycles. The minimum absolute atomic E-state index is 0.0593. The van der Waals surface area contributed by atoms with Crippen LogP contribution in [-0.4, -0.2) is 6.04 Å². The molecule has 0 amide bonds. The molecule has 0 spiro atoms. The van der Waals surface area contributed by atoms with Crippen molar-refractivity contribution in [2.24, 2.45) is 10.8 Å². The molecule has 5 aromatic carbocycles. The van der Waals surface area contributed by atoms with E-state index in [4.69, 9.17) is 0 Å². The summed E-state index contributed by atoms with van der Waals surface area (Å²) in [5.74, 6) is 0. The quantitative estimate of drug-likeness (QED) is 0.128. The van der Waals surface area contributed by atoms with Crippen molar-refractivity contribution in [3.63, 3.8) is 0 Å². The molecule has 0 fully saturated rings. The van der Waals surface area contributed by atoms with Crippen LogP contribution < -0.4 is 4.90 Å². The molecule has 0 heterocycles. The molecule has 0 saturated carbocycles. The molecular weight excluding hydrogens is 771 g/mol. The maximum atomic E-state index is 4.48. The normalized spacial score (nSPS) is 23.5. The van der Waals surface area contributed by atoms with Gasteiger partial charge in [0.05, 0.1) is 0 Å². The molecule has 324 valence electrons. The Morgan fingerprint density at radius 1 is 0.719 bits per heavy atom. The minimum Gasteiger partial charge on any atom is -0.334 e. The van der Waals surface area contributed by atoms with E-state index < -0.39 is 0 Å². The molecule has 8 rings (SSSR count). The van der Waals surface area contributed by atoms with Crippen molar-refractivity contribution < 1.29 is 0 Å². The molecule has 0 N–H and O–H groups in total. The van der Waals surface area contributed by atoms with Gasteiger partial charge in [-0.25, -0.2) is 0 Å². The van der Waals surface area contributed by atoms with Crippen molar-refractivity contribution in [2.45, 2.75) is 99.5 Å². The third-order valence-corrected chi connectivity index (χ3v) is 14.8. The van der Waals surface area contributed by atoms with Gasteiger partial charge in [-0.05, 0) is 125 Å². The molecule has 0 aromatic heterocycles. The number of anilines is 2. The first-order chi connectivity index (χ1) is 30.8. The lowest BCUT2D eigenvalue weighted by molar-refractivity contribution is 0.385. The number of rotatable bonds is 11. The van der Waals surface area contributed by atoms with Crippen molar-refractivity contribution in [1.82, 2.24) is 0 Å². The summed E-state index contributed by atoms with van der Waals surface area (Å²) in [6.07, 6.45) is 22.8. The fraction of sp³-hybridized carbons (Fsp3) is 0.270. The lowest BCUT2D eigenvalue weighted by Crippen LogP contribution is -2.27. The molecular formula is C63H67N. The Morgan fingerprint density at radius 3 is 2.03 bits per heavy atom. The van der Waals surface area contributed by atoms with Gasteiger partial charge in [0.25, 0.3) is 0 Å². The molecule has 0 aliphatic heterocycles. The summed E-state index contributed by atoms with van der Waals surface area (Å²) in [6, 6.07) is 46.7. The van der Waals surface area contributed by atoms with Crippen LogP contribution in [0.25, 0.3) is 27.8 Å². The highest BCUT2D eigenvalue weighted by molar-refractivity contribution is 5.92. The summed E-state index contributed by atoms with van der Waals surface area (Å²) >= 11 is 0. The summed E-state index contributed by atoms with van der Waals surface area (Å²) in [5.41, 5.74) is 20.9. The smallest absolute Gasteiger partial charge is 0.0499 e. The van der Waals surface area contributed by atoms with Gasteiger partial charge in [-0.15, -0.1) is 0 Å². The van der Waals surface area contributed by atoms with Crippen LogP contribution in [-0.2, 0) is 5.41 Å². The van der Waals surface area contributed by atoms with Crippen LogP contribution in [0.1, 0.15) is 105 Å². The average Bonchev–Trinajstić information content (AvgIpc) is 3.69. The van der Waals surface area contributed by atoms with Crippen molar-refractivity contribution >= 4 is 16.9 Å². The number of allylic oxidation sites excluding steroid dienone is 14. The SMILES string of the molecule is C=C/C1=C(\C=C2/CC(/C=C\C(C)N(c3ccc(-c4ccccc4)cc3)c3cccc4c3-c3ccccc3C4(C)C)=C(CC)C2(C)C)/C=C(c2ccccc2)/C=C\C=C(/C)CC1(C)CC. The van der Waals surface area contributed by atoms with Gasteiger partial charge in [-0.3, -0.25) is 0 Å². The standard InChI is InChI=1S/C63H67N/c1-11-55-50(41-52(61(55,6)7)42-51-40-49(47-27-18-15-19-28-47)29-22-24-44(4)43-63(10,13-3)56(51)12-2)35-34-45(5)64(53-38-36-48(37-39-53)46-25-16-14-17-26-46)59-33-23-32-58-60(59)54-30-20-21-31-57(54)62(58,8)9/h12,14-40,42,45H,2,11,13,41,43H2,1,3-10H3/b29-22-,35-34-,44-24+,49-40-,52-42+,56-51+. The Kier molecular flexibility index (Phi) is 12.6. The van der Waals surface area contributed by atoms with Gasteiger partial charge in [0.2, 0.25) is 0 Å². The van der Waals surface area contributed by atoms with E-state index >= 15 is 0 Å². The molecule has 3 aliphatic carbocycles. The Bertz CT molecular complexity index is 2760. The number of nitrogens with zero attached hydrogens (tertiary/aromatic N) is 1. The van der Waals surface area contributed by atoms with Crippen LogP contribution in [0.2, 0.25) is 0 Å². The van der Waals surface area contributed by atoms with Crippen LogP contribution in [0.3, 0.4) is 0 Å². The van der Waals surface area contributed by atoms with E-state index in [0.29, 0.717) is 0 Å². The largest absolute Gasteiger partial charge is 0.334 e. The first kappa shape index (κ1) is 44.4. The van der Waals surface area contributed by atoms with Crippen LogP contribution in [0, 0.1) is 10.8 Å². The van der Waals surface area contributed by atoms with Gasteiger partial charge in [0, 0.05) is 33.8 Å². The zero-order valence-electron chi connectivity index (χ0n) is 39.8. The van der Waals surface area contributed by atoms with Crippen LogP contribution in [0.15, 0.2) is 216 Å². The fourth-order valence-electron chi connectivity index (χ4n) is 11.0. The van der Waals surface area contributed by atoms with E-state index in [-0.39, 0.29) is 22.3 Å². The highest BCUT2D eigenvalue weighted by atomic mass is 15.2.